The van der Waals surface area contributed by atoms with Crippen molar-refractivity contribution in [2.24, 2.45) is 0 Å². The molecule has 2 N–H and O–H groups in total. The van der Waals surface area contributed by atoms with Gasteiger partial charge in [0.05, 0.1) is 24.8 Å². The molecule has 1 aromatic heterocycles. The molecule has 1 aliphatic rings. The second kappa shape index (κ2) is 8.94. The van der Waals surface area contributed by atoms with Crippen LogP contribution in [0.5, 0.6) is 5.75 Å². The van der Waals surface area contributed by atoms with Crippen molar-refractivity contribution in [3.63, 3.8) is 0 Å². The number of methoxy groups -OCH3 is 2. The Labute approximate surface area is 174 Å². The summed E-state index contributed by atoms with van der Waals surface area (Å²) in [5, 5.41) is 15.9. The fourth-order valence-corrected chi connectivity index (χ4v) is 4.52. The number of thiophene rings is 1. The fourth-order valence-electron chi connectivity index (χ4n) is 3.65. The van der Waals surface area contributed by atoms with Crippen LogP contribution in [0.4, 0.5) is 0 Å². The van der Waals surface area contributed by atoms with Gasteiger partial charge in [0.1, 0.15) is 12.4 Å². The van der Waals surface area contributed by atoms with Crippen LogP contribution < -0.4 is 10.1 Å². The molecule has 3 atom stereocenters. The lowest BCUT2D eigenvalue weighted by atomic mass is 9.81. The van der Waals surface area contributed by atoms with Crippen LogP contribution in [0, 0.1) is 0 Å². The van der Waals surface area contributed by atoms with Gasteiger partial charge in [-0.1, -0.05) is 6.07 Å². The first-order valence-electron chi connectivity index (χ1n) is 9.36. The van der Waals surface area contributed by atoms with Crippen LogP contribution in [0.25, 0.3) is 0 Å². The number of nitrogens with zero attached hydrogens (tertiary/aromatic N) is 1. The molecule has 29 heavy (non-hydrogen) atoms. The molecular weight excluding hydrogens is 392 g/mol. The number of aliphatic hydroxyl groups is 1. The zero-order valence-electron chi connectivity index (χ0n) is 16.8. The number of amides is 2. The predicted octanol–water partition coefficient (Wildman–Crippen LogP) is 2.23. The summed E-state index contributed by atoms with van der Waals surface area (Å²) >= 11 is 1.49. The van der Waals surface area contributed by atoms with E-state index in [1.807, 2.05) is 17.5 Å². The second-order valence-corrected chi connectivity index (χ2v) is 8.25. The molecule has 3 rings (SSSR count). The summed E-state index contributed by atoms with van der Waals surface area (Å²) < 4.78 is 10.1. The van der Waals surface area contributed by atoms with Crippen LogP contribution in [-0.4, -0.2) is 60.8 Å². The lowest BCUT2D eigenvalue weighted by Gasteiger charge is -2.48. The van der Waals surface area contributed by atoms with E-state index in [0.717, 1.165) is 4.88 Å². The SMILES string of the molecule is COCC(=O)N[C@H]1[C@H](c2cccs2)N(C(=O)c2ccc(OC)cc2)CC[C@@]1(C)O. The highest BCUT2D eigenvalue weighted by molar-refractivity contribution is 7.10. The quantitative estimate of drug-likeness (QED) is 0.751. The first-order chi connectivity index (χ1) is 13.9. The lowest BCUT2D eigenvalue weighted by molar-refractivity contribution is -0.131. The second-order valence-electron chi connectivity index (χ2n) is 7.27. The van der Waals surface area contributed by atoms with E-state index in [9.17, 15) is 14.7 Å². The Kier molecular flexibility index (Phi) is 6.56. The molecule has 2 heterocycles. The van der Waals surface area contributed by atoms with Crippen molar-refractivity contribution in [3.05, 3.63) is 52.2 Å². The number of carbonyl (C=O) groups is 2. The molecule has 0 bridgehead atoms. The largest absolute Gasteiger partial charge is 0.497 e. The summed E-state index contributed by atoms with van der Waals surface area (Å²) in [5.41, 5.74) is -0.648. The minimum atomic E-state index is -1.17. The topological polar surface area (TPSA) is 88.1 Å². The van der Waals surface area contributed by atoms with E-state index >= 15 is 0 Å². The van der Waals surface area contributed by atoms with Crippen molar-refractivity contribution in [1.29, 1.82) is 0 Å². The highest BCUT2D eigenvalue weighted by atomic mass is 32.1. The van der Waals surface area contributed by atoms with Crippen molar-refractivity contribution in [1.82, 2.24) is 10.2 Å². The number of benzene rings is 1. The zero-order chi connectivity index (χ0) is 21.0. The molecule has 1 saturated heterocycles. The van der Waals surface area contributed by atoms with Crippen molar-refractivity contribution in [3.8, 4) is 5.75 Å². The minimum absolute atomic E-state index is 0.115. The van der Waals surface area contributed by atoms with E-state index in [0.29, 0.717) is 24.3 Å². The molecule has 1 fully saturated rings. The minimum Gasteiger partial charge on any atom is -0.497 e. The number of hydrogen-bond donors (Lipinski definition) is 2. The Morgan fingerprint density at radius 2 is 2.00 bits per heavy atom. The maximum atomic E-state index is 13.3. The number of piperidine rings is 1. The molecule has 0 aliphatic carbocycles. The first-order valence-corrected chi connectivity index (χ1v) is 10.2. The van der Waals surface area contributed by atoms with Crippen molar-refractivity contribution in [2.75, 3.05) is 27.4 Å². The zero-order valence-corrected chi connectivity index (χ0v) is 17.6. The summed E-state index contributed by atoms with van der Waals surface area (Å²) in [6.45, 7) is 1.95. The molecule has 0 saturated carbocycles. The molecule has 0 unspecified atom stereocenters. The summed E-state index contributed by atoms with van der Waals surface area (Å²) in [5.74, 6) is 0.174. The van der Waals surface area contributed by atoms with Crippen LogP contribution in [-0.2, 0) is 9.53 Å². The summed E-state index contributed by atoms with van der Waals surface area (Å²) in [6, 6.07) is 9.58. The van der Waals surface area contributed by atoms with E-state index in [2.05, 4.69) is 5.32 Å². The van der Waals surface area contributed by atoms with Crippen LogP contribution in [0.2, 0.25) is 0 Å². The van der Waals surface area contributed by atoms with Gasteiger partial charge >= 0.3 is 0 Å². The third-order valence-electron chi connectivity index (χ3n) is 5.20. The Bertz CT molecular complexity index is 835. The van der Waals surface area contributed by atoms with Gasteiger partial charge in [0.15, 0.2) is 0 Å². The highest BCUT2D eigenvalue weighted by Crippen LogP contribution is 2.39. The molecule has 2 aromatic rings. The molecule has 8 heteroatoms. The Morgan fingerprint density at radius 1 is 1.28 bits per heavy atom. The number of likely N-dealkylation sites (tertiary alicyclic amines) is 1. The number of carbonyl (C=O) groups excluding carboxylic acids is 2. The molecule has 0 spiro atoms. The summed E-state index contributed by atoms with van der Waals surface area (Å²) in [6.07, 6.45) is 0.342. The van der Waals surface area contributed by atoms with Gasteiger partial charge in [0.25, 0.3) is 5.91 Å². The van der Waals surface area contributed by atoms with E-state index in [1.165, 1.54) is 18.4 Å². The predicted molar refractivity (Wildman–Crippen MR) is 110 cm³/mol. The smallest absolute Gasteiger partial charge is 0.254 e. The number of hydrogen-bond acceptors (Lipinski definition) is 6. The average molecular weight is 419 g/mol. The van der Waals surface area contributed by atoms with Crippen molar-refractivity contribution >= 4 is 23.2 Å². The molecule has 2 amide bonds. The molecule has 1 aliphatic heterocycles. The van der Waals surface area contributed by atoms with Gasteiger partial charge in [-0.05, 0) is 49.1 Å². The maximum Gasteiger partial charge on any atom is 0.254 e. The van der Waals surface area contributed by atoms with E-state index < -0.39 is 17.7 Å². The number of rotatable bonds is 6. The van der Waals surface area contributed by atoms with Gasteiger partial charge in [0, 0.05) is 24.1 Å². The van der Waals surface area contributed by atoms with Crippen molar-refractivity contribution < 1.29 is 24.2 Å². The molecule has 0 radical (unpaired) electrons. The fraction of sp³-hybridized carbons (Fsp3) is 0.429. The number of ether oxygens (including phenoxy) is 2. The Hall–Kier alpha value is -2.42. The standard InChI is InChI=1S/C21H26N2O5S/c1-21(26)10-11-23(20(25)14-6-8-15(28-3)9-7-14)18(16-5-4-12-29-16)19(21)22-17(24)13-27-2/h4-9,12,18-19,26H,10-11,13H2,1-3H3,(H,22,24)/t18-,19-,21+/m0/s1. The molecular formula is C21H26N2O5S. The van der Waals surface area contributed by atoms with Gasteiger partial charge < -0.3 is 24.8 Å². The highest BCUT2D eigenvalue weighted by Gasteiger charge is 2.48. The molecule has 7 nitrogen and oxygen atoms in total. The normalized spacial score (nSPS) is 24.2. The van der Waals surface area contributed by atoms with Crippen LogP contribution in [0.3, 0.4) is 0 Å². The first kappa shape index (κ1) is 21.3. The van der Waals surface area contributed by atoms with Gasteiger partial charge in [-0.25, -0.2) is 0 Å². The molecule has 1 aromatic carbocycles. The lowest BCUT2D eigenvalue weighted by Crippen LogP contribution is -2.63. The summed E-state index contributed by atoms with van der Waals surface area (Å²) in [4.78, 5) is 28.2. The van der Waals surface area contributed by atoms with Gasteiger partial charge in [-0.2, -0.15) is 0 Å². The van der Waals surface area contributed by atoms with Gasteiger partial charge in [0.2, 0.25) is 5.91 Å². The summed E-state index contributed by atoms with van der Waals surface area (Å²) in [7, 11) is 3.01. The Balaban J connectivity index is 1.96. The maximum absolute atomic E-state index is 13.3. The average Bonchev–Trinajstić information content (AvgIpc) is 3.23. The Morgan fingerprint density at radius 3 is 2.59 bits per heavy atom. The third kappa shape index (κ3) is 4.60. The van der Waals surface area contributed by atoms with E-state index in [1.54, 1.807) is 43.2 Å². The third-order valence-corrected chi connectivity index (χ3v) is 6.15. The van der Waals surface area contributed by atoms with Crippen LogP contribution in [0.1, 0.15) is 34.6 Å². The van der Waals surface area contributed by atoms with Crippen LogP contribution >= 0.6 is 11.3 Å². The monoisotopic (exact) mass is 418 g/mol. The van der Waals surface area contributed by atoms with E-state index in [-0.39, 0.29) is 18.4 Å². The number of nitrogens with one attached hydrogen (secondary N) is 1. The molecule has 156 valence electrons. The van der Waals surface area contributed by atoms with Crippen molar-refractivity contribution in [2.45, 2.75) is 31.0 Å². The van der Waals surface area contributed by atoms with Gasteiger partial charge in [-0.3, -0.25) is 9.59 Å². The van der Waals surface area contributed by atoms with Gasteiger partial charge in [-0.15, -0.1) is 11.3 Å². The van der Waals surface area contributed by atoms with E-state index in [4.69, 9.17) is 9.47 Å². The van der Waals surface area contributed by atoms with Crippen LogP contribution in [0.15, 0.2) is 41.8 Å².